The second-order valence-corrected chi connectivity index (χ2v) is 3.59. The predicted octanol–water partition coefficient (Wildman–Crippen LogP) is 1.87. The van der Waals surface area contributed by atoms with Gasteiger partial charge in [0.15, 0.2) is 11.1 Å². The average molecular weight is 248 g/mol. The average Bonchev–Trinajstić information content (AvgIpc) is 2.56. The van der Waals surface area contributed by atoms with Gasteiger partial charge in [0.25, 0.3) is 0 Å². The lowest BCUT2D eigenvalue weighted by atomic mass is 10.2. The Morgan fingerprint density at radius 3 is 2.81 bits per heavy atom. The first-order chi connectivity index (χ1) is 7.47. The van der Waals surface area contributed by atoms with Gasteiger partial charge < -0.3 is 15.2 Å². The molecule has 0 aliphatic heterocycles. The number of halogens is 1. The summed E-state index contributed by atoms with van der Waals surface area (Å²) in [7, 11) is 0. The van der Waals surface area contributed by atoms with E-state index >= 15 is 0 Å². The van der Waals surface area contributed by atoms with Crippen molar-refractivity contribution in [3.63, 3.8) is 0 Å². The van der Waals surface area contributed by atoms with Crippen molar-refractivity contribution in [3.8, 4) is 0 Å². The van der Waals surface area contributed by atoms with Gasteiger partial charge in [-0.1, -0.05) is 24.9 Å². The molecule has 1 aromatic heterocycles. The van der Waals surface area contributed by atoms with E-state index < -0.39 is 22.8 Å². The highest BCUT2D eigenvalue weighted by Gasteiger charge is 2.27. The van der Waals surface area contributed by atoms with E-state index in [0.717, 1.165) is 10.9 Å². The van der Waals surface area contributed by atoms with Crippen LogP contribution in [0, 0.1) is 10.1 Å². The van der Waals surface area contributed by atoms with Crippen LogP contribution in [0.3, 0.4) is 0 Å². The van der Waals surface area contributed by atoms with Crippen molar-refractivity contribution in [1.82, 2.24) is 9.78 Å². The molecule has 1 heterocycles. The molecule has 0 radical (unpaired) electrons. The lowest BCUT2D eigenvalue weighted by molar-refractivity contribution is -0.389. The van der Waals surface area contributed by atoms with Gasteiger partial charge >= 0.3 is 11.8 Å². The fraction of sp³-hybridized carbons (Fsp3) is 0.500. The first-order valence-electron chi connectivity index (χ1n) is 4.59. The molecule has 0 bridgehead atoms. The smallest absolute Gasteiger partial charge is 0.408 e. The quantitative estimate of drug-likeness (QED) is 0.633. The summed E-state index contributed by atoms with van der Waals surface area (Å²) in [6.45, 7) is 1.81. The van der Waals surface area contributed by atoms with Crippen molar-refractivity contribution >= 4 is 23.4 Å². The number of nitrogens with zero attached hydrogens (tertiary/aromatic N) is 3. The van der Waals surface area contributed by atoms with Crippen LogP contribution in [0.1, 0.15) is 25.8 Å². The monoisotopic (exact) mass is 247 g/mol. The topological polar surface area (TPSA) is 98.3 Å². The molecule has 1 aromatic rings. The van der Waals surface area contributed by atoms with Crippen LogP contribution >= 0.6 is 11.6 Å². The minimum Gasteiger partial charge on any atom is -0.480 e. The van der Waals surface area contributed by atoms with E-state index in [1.54, 1.807) is 0 Å². The molecule has 0 fully saturated rings. The second-order valence-electron chi connectivity index (χ2n) is 3.18. The molecule has 1 N–H and O–H groups in total. The summed E-state index contributed by atoms with van der Waals surface area (Å²) in [5, 5.41) is 22.8. The summed E-state index contributed by atoms with van der Waals surface area (Å²) in [6, 6.07) is -0.920. The Morgan fingerprint density at radius 2 is 2.44 bits per heavy atom. The Balaban J connectivity index is 3.06. The molecule has 0 saturated carbocycles. The van der Waals surface area contributed by atoms with Crippen molar-refractivity contribution in [2.24, 2.45) is 0 Å². The molecule has 0 aromatic carbocycles. The lowest BCUT2D eigenvalue weighted by Gasteiger charge is -2.06. The Morgan fingerprint density at radius 1 is 1.81 bits per heavy atom. The highest BCUT2D eigenvalue weighted by Crippen LogP contribution is 2.25. The Labute approximate surface area is 95.8 Å². The molecule has 0 saturated heterocycles. The van der Waals surface area contributed by atoms with Crippen LogP contribution in [0.5, 0.6) is 0 Å². The third-order valence-electron chi connectivity index (χ3n) is 2.01. The zero-order valence-electron chi connectivity index (χ0n) is 8.46. The summed E-state index contributed by atoms with van der Waals surface area (Å²) < 4.78 is 1.02. The highest BCUT2D eigenvalue weighted by atomic mass is 35.5. The van der Waals surface area contributed by atoms with Gasteiger partial charge in [-0.05, 0) is 11.3 Å². The fourth-order valence-electron chi connectivity index (χ4n) is 1.29. The molecule has 0 aliphatic rings. The number of carbonyl (C=O) groups is 1. The summed E-state index contributed by atoms with van der Waals surface area (Å²) in [5.41, 5.74) is 0. The first kappa shape index (κ1) is 12.4. The maximum absolute atomic E-state index is 10.9. The highest BCUT2D eigenvalue weighted by molar-refractivity contribution is 6.32. The third kappa shape index (κ3) is 2.48. The zero-order chi connectivity index (χ0) is 12.3. The normalized spacial score (nSPS) is 12.4. The van der Waals surface area contributed by atoms with E-state index in [0.29, 0.717) is 12.8 Å². The number of rotatable bonds is 5. The van der Waals surface area contributed by atoms with Gasteiger partial charge in [-0.3, -0.25) is 0 Å². The molecule has 1 atom stereocenters. The minimum absolute atomic E-state index is 0.160. The molecular formula is C8H10ClN3O4. The summed E-state index contributed by atoms with van der Waals surface area (Å²) in [6.07, 6.45) is 2.13. The molecule has 1 rings (SSSR count). The van der Waals surface area contributed by atoms with Gasteiger partial charge in [0, 0.05) is 0 Å². The SMILES string of the molecule is CCCC(C(=O)O)n1cc(Cl)c([N+](=O)[O-])n1. The maximum Gasteiger partial charge on any atom is 0.408 e. The third-order valence-corrected chi connectivity index (χ3v) is 2.28. The summed E-state index contributed by atoms with van der Waals surface area (Å²) >= 11 is 5.57. The van der Waals surface area contributed by atoms with Crippen molar-refractivity contribution in [2.75, 3.05) is 0 Å². The van der Waals surface area contributed by atoms with Crippen LogP contribution in [0.4, 0.5) is 5.82 Å². The van der Waals surface area contributed by atoms with Gasteiger partial charge in [-0.2, -0.15) is 4.68 Å². The molecule has 8 heteroatoms. The number of nitro groups is 1. The van der Waals surface area contributed by atoms with Gasteiger partial charge in [-0.15, -0.1) is 0 Å². The summed E-state index contributed by atoms with van der Waals surface area (Å²) in [4.78, 5) is 20.6. The second kappa shape index (κ2) is 4.93. The van der Waals surface area contributed by atoms with Crippen LogP contribution in [0.25, 0.3) is 0 Å². The van der Waals surface area contributed by atoms with Gasteiger partial charge in [0.2, 0.25) is 0 Å². The number of aromatic nitrogens is 2. The van der Waals surface area contributed by atoms with Crippen LogP contribution in [-0.4, -0.2) is 25.8 Å². The van der Waals surface area contributed by atoms with E-state index in [2.05, 4.69) is 5.10 Å². The molecule has 16 heavy (non-hydrogen) atoms. The molecule has 0 spiro atoms. The number of hydrogen-bond donors (Lipinski definition) is 1. The minimum atomic E-state index is -1.09. The van der Waals surface area contributed by atoms with Crippen LogP contribution in [0.15, 0.2) is 6.20 Å². The number of carboxylic acid groups (broad SMARTS) is 1. The first-order valence-corrected chi connectivity index (χ1v) is 4.97. The molecule has 0 amide bonds. The van der Waals surface area contributed by atoms with Gasteiger partial charge in [0.05, 0.1) is 11.3 Å². The van der Waals surface area contributed by atoms with Gasteiger partial charge in [0.1, 0.15) is 0 Å². The van der Waals surface area contributed by atoms with E-state index in [1.165, 1.54) is 0 Å². The zero-order valence-corrected chi connectivity index (χ0v) is 9.22. The van der Waals surface area contributed by atoms with E-state index in [4.69, 9.17) is 16.7 Å². The van der Waals surface area contributed by atoms with Crippen LogP contribution in [0.2, 0.25) is 5.02 Å². The largest absolute Gasteiger partial charge is 0.480 e. The maximum atomic E-state index is 10.9. The number of hydrogen-bond acceptors (Lipinski definition) is 4. The molecule has 7 nitrogen and oxygen atoms in total. The van der Waals surface area contributed by atoms with E-state index in [9.17, 15) is 14.9 Å². The Kier molecular flexibility index (Phi) is 3.83. The number of carboxylic acids is 1. The van der Waals surface area contributed by atoms with Crippen molar-refractivity contribution in [2.45, 2.75) is 25.8 Å². The fourth-order valence-corrected chi connectivity index (χ4v) is 1.49. The van der Waals surface area contributed by atoms with E-state index in [-0.39, 0.29) is 5.02 Å². The van der Waals surface area contributed by atoms with Crippen molar-refractivity contribution < 1.29 is 14.8 Å². The number of aliphatic carboxylic acids is 1. The van der Waals surface area contributed by atoms with Gasteiger partial charge in [-0.25, -0.2) is 4.79 Å². The Bertz CT molecular complexity index is 417. The molecular weight excluding hydrogens is 238 g/mol. The van der Waals surface area contributed by atoms with Crippen molar-refractivity contribution in [1.29, 1.82) is 0 Å². The molecule has 0 aliphatic carbocycles. The molecule has 1 unspecified atom stereocenters. The summed E-state index contributed by atoms with van der Waals surface area (Å²) in [5.74, 6) is -1.61. The van der Waals surface area contributed by atoms with Crippen LogP contribution < -0.4 is 0 Å². The van der Waals surface area contributed by atoms with Crippen LogP contribution in [-0.2, 0) is 4.79 Å². The standard InChI is InChI=1S/C8H10ClN3O4/c1-2-3-6(8(13)14)11-4-5(9)7(10-11)12(15)16/h4,6H,2-3H2,1H3,(H,13,14). The lowest BCUT2D eigenvalue weighted by Crippen LogP contribution is -2.19. The predicted molar refractivity (Wildman–Crippen MR) is 55.5 cm³/mol. The van der Waals surface area contributed by atoms with E-state index in [1.807, 2.05) is 6.92 Å². The Hall–Kier alpha value is -1.63. The molecule has 88 valence electrons. The van der Waals surface area contributed by atoms with Crippen molar-refractivity contribution in [3.05, 3.63) is 21.3 Å².